The Balaban J connectivity index is 1.60. The first-order valence-corrected chi connectivity index (χ1v) is 9.87. The number of hydrogen-bond acceptors (Lipinski definition) is 0. The number of allylic oxidation sites excluding steroid dienone is 3. The van der Waals surface area contributed by atoms with E-state index in [0.29, 0.717) is 5.92 Å². The minimum atomic E-state index is 0.420. The van der Waals surface area contributed by atoms with E-state index in [1.165, 1.54) is 38.7 Å². The first-order chi connectivity index (χ1) is 13.8. The van der Waals surface area contributed by atoms with E-state index in [1.807, 2.05) is 0 Å². The standard InChI is InChI=1S/C27H23N/c1-28-19-25(24-14-8-9-15-26(24)28)22-16-17-23(18-22)27(20-10-4-2-5-11-20)21-12-6-3-7-13-21/h2-17,19,22H,18H2,1H3. The Morgan fingerprint density at radius 2 is 1.39 bits per heavy atom. The molecule has 1 aliphatic rings. The summed E-state index contributed by atoms with van der Waals surface area (Å²) < 4.78 is 2.25. The molecule has 5 rings (SSSR count). The van der Waals surface area contributed by atoms with Gasteiger partial charge in [-0.2, -0.15) is 0 Å². The second-order valence-corrected chi connectivity index (χ2v) is 7.51. The fraction of sp³-hybridized carbons (Fsp3) is 0.111. The lowest BCUT2D eigenvalue weighted by Gasteiger charge is -2.14. The van der Waals surface area contributed by atoms with Gasteiger partial charge in [0.2, 0.25) is 0 Å². The van der Waals surface area contributed by atoms with Crippen molar-refractivity contribution < 1.29 is 0 Å². The maximum atomic E-state index is 2.38. The Morgan fingerprint density at radius 1 is 0.786 bits per heavy atom. The van der Waals surface area contributed by atoms with Crippen LogP contribution in [0, 0.1) is 0 Å². The van der Waals surface area contributed by atoms with Crippen molar-refractivity contribution in [3.8, 4) is 0 Å². The van der Waals surface area contributed by atoms with E-state index in [1.54, 1.807) is 0 Å². The molecule has 0 fully saturated rings. The molecule has 0 spiro atoms. The van der Waals surface area contributed by atoms with Crippen LogP contribution in [0.25, 0.3) is 16.5 Å². The highest BCUT2D eigenvalue weighted by atomic mass is 14.9. The van der Waals surface area contributed by atoms with E-state index in [-0.39, 0.29) is 0 Å². The molecule has 0 aliphatic heterocycles. The van der Waals surface area contributed by atoms with Gasteiger partial charge in [0.1, 0.15) is 0 Å². The van der Waals surface area contributed by atoms with Gasteiger partial charge in [-0.3, -0.25) is 0 Å². The lowest BCUT2D eigenvalue weighted by molar-refractivity contribution is 0.868. The van der Waals surface area contributed by atoms with Crippen LogP contribution in [0.4, 0.5) is 0 Å². The highest BCUT2D eigenvalue weighted by Gasteiger charge is 2.22. The molecule has 4 aromatic rings. The van der Waals surface area contributed by atoms with Gasteiger partial charge in [0.05, 0.1) is 0 Å². The Labute approximate surface area is 166 Å². The molecule has 3 aromatic carbocycles. The average molecular weight is 361 g/mol. The van der Waals surface area contributed by atoms with E-state index in [9.17, 15) is 0 Å². The van der Waals surface area contributed by atoms with Gasteiger partial charge in [-0.25, -0.2) is 0 Å². The summed E-state index contributed by atoms with van der Waals surface area (Å²) in [5.74, 6) is 0.420. The second kappa shape index (κ2) is 7.01. The largest absolute Gasteiger partial charge is 0.350 e. The zero-order valence-corrected chi connectivity index (χ0v) is 16.0. The minimum absolute atomic E-state index is 0.420. The summed E-state index contributed by atoms with van der Waals surface area (Å²) in [7, 11) is 2.14. The maximum Gasteiger partial charge on any atom is 0.0480 e. The molecule has 0 N–H and O–H groups in total. The number of nitrogens with zero attached hydrogens (tertiary/aromatic N) is 1. The summed E-state index contributed by atoms with van der Waals surface area (Å²) in [5.41, 5.74) is 8.05. The summed E-state index contributed by atoms with van der Waals surface area (Å²) in [6.07, 6.45) is 8.05. The monoisotopic (exact) mass is 361 g/mol. The summed E-state index contributed by atoms with van der Waals surface area (Å²) in [4.78, 5) is 0. The van der Waals surface area contributed by atoms with Crippen LogP contribution in [-0.2, 0) is 7.05 Å². The Hall–Kier alpha value is -3.32. The van der Waals surface area contributed by atoms with Crippen molar-refractivity contribution in [3.63, 3.8) is 0 Å². The summed E-state index contributed by atoms with van der Waals surface area (Å²) in [5, 5.41) is 1.36. The van der Waals surface area contributed by atoms with Gasteiger partial charge in [-0.15, -0.1) is 0 Å². The van der Waals surface area contributed by atoms with Crippen LogP contribution in [0.2, 0.25) is 0 Å². The van der Waals surface area contributed by atoms with Gasteiger partial charge >= 0.3 is 0 Å². The van der Waals surface area contributed by atoms with E-state index in [4.69, 9.17) is 0 Å². The summed E-state index contributed by atoms with van der Waals surface area (Å²) in [6, 6.07) is 30.2. The molecule has 0 amide bonds. The van der Waals surface area contributed by atoms with Gasteiger partial charge in [-0.1, -0.05) is 91.0 Å². The molecule has 1 aliphatic carbocycles. The normalized spacial score (nSPS) is 16.0. The molecule has 1 nitrogen and oxygen atoms in total. The summed E-state index contributed by atoms with van der Waals surface area (Å²) >= 11 is 0. The van der Waals surface area contributed by atoms with Gasteiger partial charge in [-0.05, 0) is 40.3 Å². The fourth-order valence-corrected chi connectivity index (χ4v) is 4.42. The maximum absolute atomic E-state index is 2.38. The van der Waals surface area contributed by atoms with E-state index in [2.05, 4.69) is 115 Å². The minimum Gasteiger partial charge on any atom is -0.350 e. The SMILES string of the molecule is Cn1cc(C2C=CC(=C(c3ccccc3)c3ccccc3)C2)c2ccccc21. The molecule has 1 aromatic heterocycles. The Bertz CT molecular complexity index is 1140. The van der Waals surface area contributed by atoms with Crippen molar-refractivity contribution in [2.75, 3.05) is 0 Å². The number of para-hydroxylation sites is 1. The molecule has 0 radical (unpaired) electrons. The Kier molecular flexibility index (Phi) is 4.21. The third-order valence-corrected chi connectivity index (χ3v) is 5.74. The number of benzene rings is 3. The lowest BCUT2D eigenvalue weighted by atomic mass is 9.90. The van der Waals surface area contributed by atoms with Crippen molar-refractivity contribution >= 4 is 16.5 Å². The molecular weight excluding hydrogens is 338 g/mol. The smallest absolute Gasteiger partial charge is 0.0480 e. The first kappa shape index (κ1) is 16.8. The van der Waals surface area contributed by atoms with Crippen LogP contribution in [0.3, 0.4) is 0 Å². The average Bonchev–Trinajstić information content (AvgIpc) is 3.35. The molecule has 1 heterocycles. The van der Waals surface area contributed by atoms with Crippen LogP contribution >= 0.6 is 0 Å². The number of fused-ring (bicyclic) bond motifs is 1. The summed E-state index contributed by atoms with van der Waals surface area (Å²) in [6.45, 7) is 0. The molecular formula is C27H23N. The van der Waals surface area contributed by atoms with Crippen molar-refractivity contribution in [1.82, 2.24) is 4.57 Å². The van der Waals surface area contributed by atoms with Crippen LogP contribution in [-0.4, -0.2) is 4.57 Å². The molecule has 28 heavy (non-hydrogen) atoms. The van der Waals surface area contributed by atoms with E-state index >= 15 is 0 Å². The van der Waals surface area contributed by atoms with Crippen molar-refractivity contribution in [1.29, 1.82) is 0 Å². The highest BCUT2D eigenvalue weighted by molar-refractivity contribution is 5.87. The topological polar surface area (TPSA) is 4.93 Å². The zero-order valence-electron chi connectivity index (χ0n) is 16.0. The van der Waals surface area contributed by atoms with Gasteiger partial charge in [0, 0.05) is 30.1 Å². The second-order valence-electron chi connectivity index (χ2n) is 7.51. The molecule has 0 bridgehead atoms. The van der Waals surface area contributed by atoms with E-state index in [0.717, 1.165) is 6.42 Å². The highest BCUT2D eigenvalue weighted by Crippen LogP contribution is 2.40. The number of aromatic nitrogens is 1. The molecule has 0 saturated carbocycles. The molecule has 0 saturated heterocycles. The van der Waals surface area contributed by atoms with Crippen molar-refractivity contribution in [2.24, 2.45) is 7.05 Å². The molecule has 1 unspecified atom stereocenters. The van der Waals surface area contributed by atoms with Crippen LogP contribution < -0.4 is 0 Å². The number of aryl methyl sites for hydroxylation is 1. The van der Waals surface area contributed by atoms with Crippen molar-refractivity contribution in [3.05, 3.63) is 126 Å². The van der Waals surface area contributed by atoms with E-state index < -0.39 is 0 Å². The molecule has 1 atom stereocenters. The Morgan fingerprint density at radius 3 is 2.07 bits per heavy atom. The third kappa shape index (κ3) is 2.90. The zero-order chi connectivity index (χ0) is 18.9. The predicted octanol–water partition coefficient (Wildman–Crippen LogP) is 6.72. The molecule has 1 heteroatoms. The van der Waals surface area contributed by atoms with Crippen LogP contribution in [0.5, 0.6) is 0 Å². The predicted molar refractivity (Wildman–Crippen MR) is 118 cm³/mol. The van der Waals surface area contributed by atoms with Crippen LogP contribution in [0.1, 0.15) is 29.0 Å². The molecule has 136 valence electrons. The number of hydrogen-bond donors (Lipinski definition) is 0. The van der Waals surface area contributed by atoms with Gasteiger partial charge in [0.25, 0.3) is 0 Å². The lowest BCUT2D eigenvalue weighted by Crippen LogP contribution is -1.95. The third-order valence-electron chi connectivity index (χ3n) is 5.74. The van der Waals surface area contributed by atoms with Gasteiger partial charge in [0.15, 0.2) is 0 Å². The number of rotatable bonds is 3. The first-order valence-electron chi connectivity index (χ1n) is 9.87. The fourth-order valence-electron chi connectivity index (χ4n) is 4.42. The quantitative estimate of drug-likeness (QED) is 0.381. The van der Waals surface area contributed by atoms with Crippen molar-refractivity contribution in [2.45, 2.75) is 12.3 Å². The van der Waals surface area contributed by atoms with Crippen LogP contribution in [0.15, 0.2) is 109 Å². The van der Waals surface area contributed by atoms with Gasteiger partial charge < -0.3 is 4.57 Å².